The van der Waals surface area contributed by atoms with E-state index in [1.165, 1.54) is 0 Å². The normalized spacial score (nSPS) is 20.0. The maximum Gasteiger partial charge on any atom is 0.153 e. The maximum atomic E-state index is 9.49. The van der Waals surface area contributed by atoms with Gasteiger partial charge in [0.25, 0.3) is 0 Å². The lowest BCUT2D eigenvalue weighted by Crippen LogP contribution is -2.47. The van der Waals surface area contributed by atoms with Crippen molar-refractivity contribution in [2.45, 2.75) is 46.3 Å². The monoisotopic (exact) mass is 342 g/mol. The Bertz CT molecular complexity index is 484. The predicted molar refractivity (Wildman–Crippen MR) is 83.6 cm³/mol. The van der Waals surface area contributed by atoms with Crippen molar-refractivity contribution in [2.24, 2.45) is 11.1 Å². The molecule has 5 nitrogen and oxygen atoms in total. The van der Waals surface area contributed by atoms with Gasteiger partial charge in [0, 0.05) is 19.1 Å². The third kappa shape index (κ3) is 2.97. The average Bonchev–Trinajstić information content (AvgIpc) is 2.42. The standard InChI is InChI=1S/C14H23BrN4O/c1-9-12(15)18-11(8-20)13(17-9)19-6-4-14(3,5-7-19)10(2)16/h10,20H,4-8,16H2,1-3H3. The summed E-state index contributed by atoms with van der Waals surface area (Å²) in [6.07, 6.45) is 2.07. The fraction of sp³-hybridized carbons (Fsp3) is 0.714. The van der Waals surface area contributed by atoms with Gasteiger partial charge in [-0.3, -0.25) is 0 Å². The molecular weight excluding hydrogens is 320 g/mol. The summed E-state index contributed by atoms with van der Waals surface area (Å²) in [5.41, 5.74) is 7.76. The van der Waals surface area contributed by atoms with Gasteiger partial charge < -0.3 is 15.7 Å². The molecule has 3 N–H and O–H groups in total. The van der Waals surface area contributed by atoms with Crippen LogP contribution in [0.2, 0.25) is 0 Å². The third-order valence-corrected chi connectivity index (χ3v) is 5.27. The molecule has 1 atom stereocenters. The highest BCUT2D eigenvalue weighted by Gasteiger charge is 2.34. The SMILES string of the molecule is Cc1nc(N2CCC(C)(C(C)N)CC2)c(CO)nc1Br. The number of halogens is 1. The first kappa shape index (κ1) is 15.7. The van der Waals surface area contributed by atoms with Gasteiger partial charge in [-0.25, -0.2) is 9.97 Å². The largest absolute Gasteiger partial charge is 0.390 e. The van der Waals surface area contributed by atoms with Crippen molar-refractivity contribution in [3.8, 4) is 0 Å². The fourth-order valence-electron chi connectivity index (χ4n) is 2.56. The van der Waals surface area contributed by atoms with Gasteiger partial charge in [0.1, 0.15) is 10.3 Å². The van der Waals surface area contributed by atoms with E-state index in [-0.39, 0.29) is 18.1 Å². The zero-order valence-corrected chi connectivity index (χ0v) is 13.9. The highest BCUT2D eigenvalue weighted by atomic mass is 79.9. The molecule has 1 saturated heterocycles. The molecule has 1 aromatic heterocycles. The maximum absolute atomic E-state index is 9.49. The second-order valence-corrected chi connectivity index (χ2v) is 6.71. The van der Waals surface area contributed by atoms with Crippen molar-refractivity contribution in [1.29, 1.82) is 0 Å². The van der Waals surface area contributed by atoms with Crippen molar-refractivity contribution in [3.05, 3.63) is 16.0 Å². The van der Waals surface area contributed by atoms with Crippen LogP contribution in [0, 0.1) is 12.3 Å². The topological polar surface area (TPSA) is 75.3 Å². The summed E-state index contributed by atoms with van der Waals surface area (Å²) in [7, 11) is 0. The molecule has 0 radical (unpaired) electrons. The van der Waals surface area contributed by atoms with Crippen molar-refractivity contribution in [2.75, 3.05) is 18.0 Å². The Morgan fingerprint density at radius 3 is 2.50 bits per heavy atom. The van der Waals surface area contributed by atoms with Crippen LogP contribution in [0.3, 0.4) is 0 Å². The first-order chi connectivity index (χ1) is 9.37. The van der Waals surface area contributed by atoms with E-state index in [4.69, 9.17) is 5.73 Å². The van der Waals surface area contributed by atoms with Crippen LogP contribution in [0.25, 0.3) is 0 Å². The lowest BCUT2D eigenvalue weighted by atomic mass is 9.75. The zero-order valence-electron chi connectivity index (χ0n) is 12.4. The predicted octanol–water partition coefficient (Wildman–Crippen LogP) is 1.99. The Morgan fingerprint density at radius 2 is 2.00 bits per heavy atom. The minimum absolute atomic E-state index is 0.0950. The lowest BCUT2D eigenvalue weighted by Gasteiger charge is -2.42. The van der Waals surface area contributed by atoms with Gasteiger partial charge in [0.15, 0.2) is 5.82 Å². The molecule has 112 valence electrons. The number of aromatic nitrogens is 2. The molecule has 6 heteroatoms. The number of aliphatic hydroxyl groups is 1. The Morgan fingerprint density at radius 1 is 1.40 bits per heavy atom. The number of nitrogens with zero attached hydrogens (tertiary/aromatic N) is 3. The van der Waals surface area contributed by atoms with Gasteiger partial charge >= 0.3 is 0 Å². The quantitative estimate of drug-likeness (QED) is 0.878. The summed E-state index contributed by atoms with van der Waals surface area (Å²) in [6, 6.07) is 0.194. The Balaban J connectivity index is 2.20. The van der Waals surface area contributed by atoms with Crippen LogP contribution in [-0.4, -0.2) is 34.2 Å². The number of hydrogen-bond donors (Lipinski definition) is 2. The van der Waals surface area contributed by atoms with Crippen molar-refractivity contribution in [1.82, 2.24) is 9.97 Å². The molecule has 2 heterocycles. The molecule has 1 aliphatic heterocycles. The molecule has 20 heavy (non-hydrogen) atoms. The van der Waals surface area contributed by atoms with Crippen LogP contribution >= 0.6 is 15.9 Å². The number of aliphatic hydroxyl groups excluding tert-OH is 1. The first-order valence-corrected chi connectivity index (χ1v) is 7.81. The van der Waals surface area contributed by atoms with Crippen LogP contribution < -0.4 is 10.6 Å². The molecule has 0 aliphatic carbocycles. The fourth-order valence-corrected chi connectivity index (χ4v) is 2.87. The lowest BCUT2D eigenvalue weighted by molar-refractivity contribution is 0.204. The van der Waals surface area contributed by atoms with Gasteiger partial charge in [-0.1, -0.05) is 6.92 Å². The summed E-state index contributed by atoms with van der Waals surface area (Å²) >= 11 is 3.36. The molecule has 1 fully saturated rings. The van der Waals surface area contributed by atoms with Gasteiger partial charge in [0.2, 0.25) is 0 Å². The summed E-state index contributed by atoms with van der Waals surface area (Å²) in [6.45, 7) is 7.96. The van der Waals surface area contributed by atoms with Crippen LogP contribution in [0.15, 0.2) is 4.60 Å². The second-order valence-electron chi connectivity index (χ2n) is 5.96. The number of rotatable bonds is 3. The number of anilines is 1. The molecule has 0 spiro atoms. The van der Waals surface area contributed by atoms with E-state index >= 15 is 0 Å². The molecule has 0 aromatic carbocycles. The van der Waals surface area contributed by atoms with E-state index in [0.717, 1.165) is 37.4 Å². The average molecular weight is 343 g/mol. The number of piperidine rings is 1. The van der Waals surface area contributed by atoms with E-state index in [2.05, 4.69) is 44.6 Å². The Hall–Kier alpha value is -0.720. The van der Waals surface area contributed by atoms with Gasteiger partial charge in [-0.2, -0.15) is 0 Å². The van der Waals surface area contributed by atoms with E-state index in [0.29, 0.717) is 10.3 Å². The van der Waals surface area contributed by atoms with Crippen LogP contribution in [0.1, 0.15) is 38.1 Å². The highest BCUT2D eigenvalue weighted by molar-refractivity contribution is 9.10. The number of nitrogens with two attached hydrogens (primary N) is 1. The molecule has 2 rings (SSSR count). The highest BCUT2D eigenvalue weighted by Crippen LogP contribution is 2.35. The Kier molecular flexibility index (Phi) is 4.66. The van der Waals surface area contributed by atoms with Crippen LogP contribution in [0.5, 0.6) is 0 Å². The van der Waals surface area contributed by atoms with E-state index in [1.807, 2.05) is 6.92 Å². The van der Waals surface area contributed by atoms with Crippen LogP contribution in [-0.2, 0) is 6.61 Å². The Labute approximate surface area is 128 Å². The molecule has 1 aliphatic rings. The third-order valence-electron chi connectivity index (χ3n) is 4.52. The minimum Gasteiger partial charge on any atom is -0.390 e. The van der Waals surface area contributed by atoms with Crippen molar-refractivity contribution < 1.29 is 5.11 Å². The number of aryl methyl sites for hydroxylation is 1. The van der Waals surface area contributed by atoms with Crippen LogP contribution in [0.4, 0.5) is 5.82 Å². The van der Waals surface area contributed by atoms with Gasteiger partial charge in [-0.15, -0.1) is 0 Å². The summed E-state index contributed by atoms with van der Waals surface area (Å²) in [5.74, 6) is 0.805. The summed E-state index contributed by atoms with van der Waals surface area (Å²) < 4.78 is 0.697. The summed E-state index contributed by atoms with van der Waals surface area (Å²) in [4.78, 5) is 11.2. The van der Waals surface area contributed by atoms with Gasteiger partial charge in [0.05, 0.1) is 12.3 Å². The second kappa shape index (κ2) is 5.95. The molecule has 0 saturated carbocycles. The first-order valence-electron chi connectivity index (χ1n) is 7.02. The summed E-state index contributed by atoms with van der Waals surface area (Å²) in [5, 5.41) is 9.49. The molecular formula is C14H23BrN4O. The molecule has 1 unspecified atom stereocenters. The minimum atomic E-state index is -0.0950. The van der Waals surface area contributed by atoms with Gasteiger partial charge in [-0.05, 0) is 48.0 Å². The van der Waals surface area contributed by atoms with E-state index < -0.39 is 0 Å². The van der Waals surface area contributed by atoms with E-state index in [9.17, 15) is 5.11 Å². The number of hydrogen-bond acceptors (Lipinski definition) is 5. The van der Waals surface area contributed by atoms with Crippen molar-refractivity contribution in [3.63, 3.8) is 0 Å². The van der Waals surface area contributed by atoms with Crippen molar-refractivity contribution >= 4 is 21.7 Å². The zero-order chi connectivity index (χ0) is 14.9. The van der Waals surface area contributed by atoms with E-state index in [1.54, 1.807) is 0 Å². The smallest absolute Gasteiger partial charge is 0.153 e. The molecule has 0 amide bonds. The molecule has 0 bridgehead atoms. The molecule has 1 aromatic rings.